The van der Waals surface area contributed by atoms with Crippen LogP contribution in [0.2, 0.25) is 0 Å². The number of aryl methyl sites for hydroxylation is 2. The van der Waals surface area contributed by atoms with Gasteiger partial charge in [-0.1, -0.05) is 12.1 Å². The summed E-state index contributed by atoms with van der Waals surface area (Å²) >= 11 is 0. The third kappa shape index (κ3) is 2.23. The van der Waals surface area contributed by atoms with Crippen molar-refractivity contribution in [3.05, 3.63) is 47.3 Å². The van der Waals surface area contributed by atoms with Gasteiger partial charge >= 0.3 is 0 Å². The lowest BCUT2D eigenvalue weighted by atomic mass is 10.1. The van der Waals surface area contributed by atoms with Crippen LogP contribution in [0.15, 0.2) is 30.6 Å². The number of pyridine rings is 1. The molecule has 0 aliphatic rings. The van der Waals surface area contributed by atoms with Gasteiger partial charge < -0.3 is 10.5 Å². The van der Waals surface area contributed by atoms with E-state index in [1.54, 1.807) is 18.5 Å². The Kier molecular flexibility index (Phi) is 3.00. The van der Waals surface area contributed by atoms with Gasteiger partial charge in [0.1, 0.15) is 5.75 Å². The molecule has 0 unspecified atom stereocenters. The number of hydrogen-bond acceptors (Lipinski definition) is 3. The van der Waals surface area contributed by atoms with E-state index in [0.717, 1.165) is 16.9 Å². The maximum absolute atomic E-state index is 5.89. The van der Waals surface area contributed by atoms with E-state index in [2.05, 4.69) is 31.0 Å². The van der Waals surface area contributed by atoms with Crippen LogP contribution in [0.3, 0.4) is 0 Å². The van der Waals surface area contributed by atoms with Crippen LogP contribution >= 0.6 is 0 Å². The van der Waals surface area contributed by atoms with Crippen LogP contribution in [-0.2, 0) is 0 Å². The van der Waals surface area contributed by atoms with E-state index in [9.17, 15) is 0 Å². The molecule has 0 bridgehead atoms. The monoisotopic (exact) mass is 228 g/mol. The zero-order valence-electron chi connectivity index (χ0n) is 10.3. The van der Waals surface area contributed by atoms with Gasteiger partial charge in [0.05, 0.1) is 11.9 Å². The Morgan fingerprint density at radius 3 is 2.47 bits per heavy atom. The van der Waals surface area contributed by atoms with Crippen molar-refractivity contribution in [1.29, 1.82) is 0 Å². The molecule has 88 valence electrons. The van der Waals surface area contributed by atoms with Crippen LogP contribution in [0.5, 0.6) is 11.5 Å². The number of rotatable bonds is 2. The predicted molar refractivity (Wildman–Crippen MR) is 69.4 cm³/mol. The lowest BCUT2D eigenvalue weighted by Gasteiger charge is -2.14. The van der Waals surface area contributed by atoms with Gasteiger partial charge in [0.15, 0.2) is 5.75 Å². The highest BCUT2D eigenvalue weighted by Crippen LogP contribution is 2.32. The first kappa shape index (κ1) is 11.5. The molecule has 0 radical (unpaired) electrons. The lowest BCUT2D eigenvalue weighted by Crippen LogP contribution is -1.97. The summed E-state index contributed by atoms with van der Waals surface area (Å²) in [4.78, 5) is 3.94. The van der Waals surface area contributed by atoms with Gasteiger partial charge in [-0.15, -0.1) is 0 Å². The van der Waals surface area contributed by atoms with Crippen LogP contribution in [0.25, 0.3) is 0 Å². The molecule has 0 aliphatic carbocycles. The van der Waals surface area contributed by atoms with Crippen molar-refractivity contribution >= 4 is 5.69 Å². The van der Waals surface area contributed by atoms with Gasteiger partial charge in [0.25, 0.3) is 0 Å². The highest BCUT2D eigenvalue weighted by Gasteiger charge is 2.09. The number of ether oxygens (including phenoxy) is 1. The van der Waals surface area contributed by atoms with Crippen LogP contribution < -0.4 is 10.5 Å². The maximum Gasteiger partial charge on any atom is 0.153 e. The van der Waals surface area contributed by atoms with Gasteiger partial charge in [-0.3, -0.25) is 4.98 Å². The van der Waals surface area contributed by atoms with E-state index in [-0.39, 0.29) is 0 Å². The smallest absolute Gasteiger partial charge is 0.153 e. The zero-order valence-corrected chi connectivity index (χ0v) is 10.3. The fraction of sp³-hybridized carbons (Fsp3) is 0.214. The summed E-state index contributed by atoms with van der Waals surface area (Å²) < 4.78 is 5.89. The van der Waals surface area contributed by atoms with Crippen LogP contribution in [0, 0.1) is 20.8 Å². The second-order valence-electron chi connectivity index (χ2n) is 4.17. The summed E-state index contributed by atoms with van der Waals surface area (Å²) in [5, 5.41) is 0. The first-order chi connectivity index (χ1) is 8.09. The molecular weight excluding hydrogens is 212 g/mol. The topological polar surface area (TPSA) is 48.1 Å². The first-order valence-electron chi connectivity index (χ1n) is 5.53. The molecule has 17 heavy (non-hydrogen) atoms. The van der Waals surface area contributed by atoms with E-state index >= 15 is 0 Å². The van der Waals surface area contributed by atoms with E-state index in [1.165, 1.54) is 5.56 Å². The normalized spacial score (nSPS) is 10.3. The Morgan fingerprint density at radius 2 is 1.76 bits per heavy atom. The number of nitrogens with two attached hydrogens (primary N) is 1. The number of benzene rings is 1. The number of anilines is 1. The summed E-state index contributed by atoms with van der Waals surface area (Å²) in [5.41, 5.74) is 9.82. The van der Waals surface area contributed by atoms with E-state index < -0.39 is 0 Å². The van der Waals surface area contributed by atoms with Crippen molar-refractivity contribution in [2.24, 2.45) is 0 Å². The molecule has 2 N–H and O–H groups in total. The molecule has 0 fully saturated rings. The highest BCUT2D eigenvalue weighted by atomic mass is 16.5. The van der Waals surface area contributed by atoms with Crippen LogP contribution in [0.1, 0.15) is 16.7 Å². The third-order valence-electron chi connectivity index (χ3n) is 2.90. The summed E-state index contributed by atoms with van der Waals surface area (Å²) in [5.74, 6) is 1.53. The Hall–Kier alpha value is -2.03. The van der Waals surface area contributed by atoms with Gasteiger partial charge in [-0.25, -0.2) is 0 Å². The molecule has 0 atom stereocenters. The second kappa shape index (κ2) is 4.45. The van der Waals surface area contributed by atoms with Gasteiger partial charge in [-0.2, -0.15) is 0 Å². The third-order valence-corrected chi connectivity index (χ3v) is 2.90. The lowest BCUT2D eigenvalue weighted by molar-refractivity contribution is 0.476. The van der Waals surface area contributed by atoms with Crippen molar-refractivity contribution in [3.8, 4) is 11.5 Å². The molecule has 0 saturated carbocycles. The highest BCUT2D eigenvalue weighted by molar-refractivity contribution is 5.54. The minimum atomic E-state index is 0.549. The number of aromatic nitrogens is 1. The van der Waals surface area contributed by atoms with Crippen molar-refractivity contribution in [2.45, 2.75) is 20.8 Å². The second-order valence-corrected chi connectivity index (χ2v) is 4.17. The van der Waals surface area contributed by atoms with Gasteiger partial charge in [0, 0.05) is 12.3 Å². The van der Waals surface area contributed by atoms with Crippen molar-refractivity contribution in [1.82, 2.24) is 4.98 Å². The summed E-state index contributed by atoms with van der Waals surface area (Å²) in [6.45, 7) is 6.14. The fourth-order valence-electron chi connectivity index (χ4n) is 1.68. The first-order valence-corrected chi connectivity index (χ1v) is 5.53. The molecule has 2 aromatic rings. The Labute approximate surface area is 101 Å². The molecule has 0 spiro atoms. The van der Waals surface area contributed by atoms with Gasteiger partial charge in [-0.05, 0) is 37.5 Å². The Bertz CT molecular complexity index is 550. The largest absolute Gasteiger partial charge is 0.455 e. The Balaban J connectivity index is 2.43. The summed E-state index contributed by atoms with van der Waals surface area (Å²) in [7, 11) is 0. The quantitative estimate of drug-likeness (QED) is 0.857. The van der Waals surface area contributed by atoms with E-state index in [0.29, 0.717) is 11.4 Å². The minimum Gasteiger partial charge on any atom is -0.455 e. The molecule has 0 saturated heterocycles. The molecule has 3 heteroatoms. The van der Waals surface area contributed by atoms with Crippen molar-refractivity contribution in [3.63, 3.8) is 0 Å². The molecule has 0 aliphatic heterocycles. The summed E-state index contributed by atoms with van der Waals surface area (Å²) in [6.07, 6.45) is 3.27. The van der Waals surface area contributed by atoms with E-state index in [1.807, 2.05) is 6.92 Å². The maximum atomic E-state index is 5.89. The van der Waals surface area contributed by atoms with Crippen molar-refractivity contribution < 1.29 is 4.74 Å². The molecule has 2 rings (SSSR count). The predicted octanol–water partition coefficient (Wildman–Crippen LogP) is 3.38. The van der Waals surface area contributed by atoms with Gasteiger partial charge in [0.2, 0.25) is 0 Å². The van der Waals surface area contributed by atoms with Crippen molar-refractivity contribution in [2.75, 3.05) is 5.73 Å². The summed E-state index contributed by atoms with van der Waals surface area (Å²) in [6, 6.07) is 5.92. The molecule has 3 nitrogen and oxygen atoms in total. The molecular formula is C14H16N2O. The van der Waals surface area contributed by atoms with Crippen LogP contribution in [0.4, 0.5) is 5.69 Å². The number of hydrogen-bond donors (Lipinski definition) is 1. The zero-order chi connectivity index (χ0) is 12.4. The standard InChI is InChI=1S/C14H16N2O/c1-9-4-5-10(2)14(11(9)3)17-13-6-7-16-8-12(13)15/h4-8H,15H2,1-3H3. The fourth-order valence-corrected chi connectivity index (χ4v) is 1.68. The average Bonchev–Trinajstić information content (AvgIpc) is 2.32. The Morgan fingerprint density at radius 1 is 1.06 bits per heavy atom. The van der Waals surface area contributed by atoms with E-state index in [4.69, 9.17) is 10.5 Å². The minimum absolute atomic E-state index is 0.549. The molecule has 0 amide bonds. The molecule has 1 aromatic heterocycles. The number of nitrogens with zero attached hydrogens (tertiary/aromatic N) is 1. The SMILES string of the molecule is Cc1ccc(C)c(Oc2ccncc2N)c1C. The molecule has 1 heterocycles. The number of nitrogen functional groups attached to an aromatic ring is 1. The van der Waals surface area contributed by atoms with Crippen LogP contribution in [-0.4, -0.2) is 4.98 Å². The molecule has 1 aromatic carbocycles. The average molecular weight is 228 g/mol.